The van der Waals surface area contributed by atoms with Crippen LogP contribution in [0.15, 0.2) is 98.6 Å². The highest BCUT2D eigenvalue weighted by atomic mass is 35.5. The van der Waals surface area contributed by atoms with Gasteiger partial charge in [0.05, 0.1) is 26.9 Å². The lowest BCUT2D eigenvalue weighted by atomic mass is 9.83. The number of furan rings is 1. The van der Waals surface area contributed by atoms with Crippen molar-refractivity contribution in [1.29, 1.82) is 0 Å². The molecule has 0 radical (unpaired) electrons. The van der Waals surface area contributed by atoms with Gasteiger partial charge in [-0.1, -0.05) is 65.4 Å². The number of aryl methyl sites for hydroxylation is 1. The summed E-state index contributed by atoms with van der Waals surface area (Å²) in [4.78, 5) is 30.7. The van der Waals surface area contributed by atoms with Crippen LogP contribution in [-0.2, 0) is 6.42 Å². The summed E-state index contributed by atoms with van der Waals surface area (Å²) < 4.78 is 22.0. The molecule has 6 nitrogen and oxygen atoms in total. The quantitative estimate of drug-likeness (QED) is 0.279. The van der Waals surface area contributed by atoms with Gasteiger partial charge in [0.15, 0.2) is 4.80 Å². The third-order valence-corrected chi connectivity index (χ3v) is 8.74. The first-order chi connectivity index (χ1) is 19.9. The van der Waals surface area contributed by atoms with Crippen LogP contribution in [0.1, 0.15) is 45.3 Å². The lowest BCUT2D eigenvalue weighted by Gasteiger charge is -2.30. The Morgan fingerprint density at radius 3 is 2.66 bits per heavy atom. The van der Waals surface area contributed by atoms with Gasteiger partial charge in [0, 0.05) is 17.2 Å². The maximum absolute atomic E-state index is 13.9. The van der Waals surface area contributed by atoms with Crippen molar-refractivity contribution in [2.45, 2.75) is 18.9 Å². The molecule has 3 heterocycles. The molecule has 0 saturated carbocycles. The molecular formula is C32H20ClFN2O4S. The Balaban J connectivity index is 1.36. The minimum atomic E-state index is -1.11. The molecule has 7 rings (SSSR count). The Hall–Kier alpha value is -4.53. The average Bonchev–Trinajstić information content (AvgIpc) is 3.56. The number of carboxylic acid groups (broad SMARTS) is 1. The molecule has 0 spiro atoms. The van der Waals surface area contributed by atoms with Gasteiger partial charge in [-0.25, -0.2) is 14.2 Å². The van der Waals surface area contributed by atoms with Crippen LogP contribution in [0.3, 0.4) is 0 Å². The van der Waals surface area contributed by atoms with E-state index in [9.17, 15) is 19.1 Å². The standard InChI is InChI=1S/C32H20ClFN2O4S/c33-25-15-19(8-12-23(25)31(38)39)26-14-11-21(40-26)16-27-30(37)36-29(18-5-9-20(34)10-6-18)24-13-7-17-3-1-2-4-22(17)28(24)35-32(36)41-27/h1-6,8-12,14-16,29H,7,13H2,(H,38,39)/b27-16+/t29-/m1/s1. The molecule has 2 aliphatic rings. The van der Waals surface area contributed by atoms with Crippen LogP contribution in [0.4, 0.5) is 4.39 Å². The van der Waals surface area contributed by atoms with Gasteiger partial charge >= 0.3 is 5.97 Å². The summed E-state index contributed by atoms with van der Waals surface area (Å²) in [6.45, 7) is 0. The van der Waals surface area contributed by atoms with E-state index in [0.29, 0.717) is 26.4 Å². The molecule has 5 aromatic rings. The number of carbonyl (C=O) groups is 1. The van der Waals surface area contributed by atoms with Crippen molar-refractivity contribution in [2.75, 3.05) is 0 Å². The maximum atomic E-state index is 13.9. The maximum Gasteiger partial charge on any atom is 0.337 e. The SMILES string of the molecule is O=C(O)c1ccc(-c2ccc(/C=c3/sc4n(c3=O)[C@H](c3ccc(F)cc3)C3=C(N=4)c4ccccc4CC3)o2)cc1Cl. The first-order valence-electron chi connectivity index (χ1n) is 12.9. The minimum Gasteiger partial charge on any atom is -0.478 e. The molecule has 0 fully saturated rings. The number of nitrogens with zero attached hydrogens (tertiary/aromatic N) is 2. The zero-order valence-corrected chi connectivity index (χ0v) is 22.9. The van der Waals surface area contributed by atoms with E-state index in [2.05, 4.69) is 12.1 Å². The van der Waals surface area contributed by atoms with Crippen LogP contribution < -0.4 is 14.9 Å². The zero-order valence-electron chi connectivity index (χ0n) is 21.3. The van der Waals surface area contributed by atoms with Crippen molar-refractivity contribution < 1.29 is 18.7 Å². The van der Waals surface area contributed by atoms with Crippen molar-refractivity contribution in [1.82, 2.24) is 4.57 Å². The monoisotopic (exact) mass is 582 g/mol. The van der Waals surface area contributed by atoms with Gasteiger partial charge in [-0.2, -0.15) is 0 Å². The molecule has 41 heavy (non-hydrogen) atoms. The second-order valence-corrected chi connectivity index (χ2v) is 11.3. The molecule has 0 amide bonds. The molecule has 1 aliphatic heterocycles. The molecular weight excluding hydrogens is 563 g/mol. The molecule has 1 atom stereocenters. The van der Waals surface area contributed by atoms with Crippen LogP contribution in [-0.4, -0.2) is 15.6 Å². The molecule has 9 heteroatoms. The second-order valence-electron chi connectivity index (χ2n) is 9.87. The lowest BCUT2D eigenvalue weighted by Crippen LogP contribution is -2.38. The highest BCUT2D eigenvalue weighted by Gasteiger charge is 2.32. The number of aromatic nitrogens is 1. The normalized spacial score (nSPS) is 16.1. The number of hydrogen-bond donors (Lipinski definition) is 1. The summed E-state index contributed by atoms with van der Waals surface area (Å²) in [6, 6.07) is 22.1. The summed E-state index contributed by atoms with van der Waals surface area (Å²) in [7, 11) is 0. The first-order valence-corrected chi connectivity index (χ1v) is 14.1. The van der Waals surface area contributed by atoms with Crippen molar-refractivity contribution >= 4 is 40.7 Å². The summed E-state index contributed by atoms with van der Waals surface area (Å²) >= 11 is 7.41. The van der Waals surface area contributed by atoms with Crippen LogP contribution in [0.5, 0.6) is 0 Å². The van der Waals surface area contributed by atoms with Gasteiger partial charge in [-0.3, -0.25) is 9.36 Å². The highest BCUT2D eigenvalue weighted by molar-refractivity contribution is 7.07. The Kier molecular flexibility index (Phi) is 6.10. The van der Waals surface area contributed by atoms with Gasteiger partial charge in [-0.05, 0) is 65.9 Å². The summed E-state index contributed by atoms with van der Waals surface area (Å²) in [6.07, 6.45) is 3.25. The third kappa shape index (κ3) is 4.36. The van der Waals surface area contributed by atoms with E-state index in [1.807, 2.05) is 12.1 Å². The number of halogens is 2. The van der Waals surface area contributed by atoms with E-state index in [1.165, 1.54) is 41.2 Å². The van der Waals surface area contributed by atoms with Crippen LogP contribution in [0, 0.1) is 5.82 Å². The van der Waals surface area contributed by atoms with Crippen LogP contribution in [0.25, 0.3) is 23.1 Å². The van der Waals surface area contributed by atoms with Gasteiger partial charge in [-0.15, -0.1) is 0 Å². The Bertz CT molecular complexity index is 2090. The van der Waals surface area contributed by atoms with Gasteiger partial charge < -0.3 is 9.52 Å². The number of carboxylic acids is 1. The predicted molar refractivity (Wildman–Crippen MR) is 155 cm³/mol. The van der Waals surface area contributed by atoms with E-state index in [1.54, 1.807) is 41.0 Å². The van der Waals surface area contributed by atoms with Crippen LogP contribution in [0.2, 0.25) is 5.02 Å². The van der Waals surface area contributed by atoms with E-state index in [0.717, 1.165) is 35.2 Å². The van der Waals surface area contributed by atoms with Gasteiger partial charge in [0.25, 0.3) is 5.56 Å². The number of rotatable bonds is 4. The Labute approximate surface area is 241 Å². The largest absolute Gasteiger partial charge is 0.478 e. The van der Waals surface area contributed by atoms with E-state index in [4.69, 9.17) is 21.0 Å². The van der Waals surface area contributed by atoms with Crippen molar-refractivity contribution in [3.63, 3.8) is 0 Å². The van der Waals surface area contributed by atoms with Crippen molar-refractivity contribution in [2.24, 2.45) is 4.99 Å². The third-order valence-electron chi connectivity index (χ3n) is 7.44. The number of thiazole rings is 1. The highest BCUT2D eigenvalue weighted by Crippen LogP contribution is 2.41. The van der Waals surface area contributed by atoms with Gasteiger partial charge in [0.2, 0.25) is 0 Å². The van der Waals surface area contributed by atoms with E-state index >= 15 is 0 Å². The number of benzene rings is 3. The average molecular weight is 583 g/mol. The molecule has 2 aromatic heterocycles. The summed E-state index contributed by atoms with van der Waals surface area (Å²) in [5.74, 6) is -0.506. The van der Waals surface area contributed by atoms with Gasteiger partial charge in [0.1, 0.15) is 17.3 Å². The molecule has 0 bridgehead atoms. The summed E-state index contributed by atoms with van der Waals surface area (Å²) in [5.41, 5.74) is 5.41. The molecule has 202 valence electrons. The fourth-order valence-electron chi connectivity index (χ4n) is 5.52. The molecule has 0 unspecified atom stereocenters. The Morgan fingerprint density at radius 1 is 1.07 bits per heavy atom. The molecule has 1 N–H and O–H groups in total. The summed E-state index contributed by atoms with van der Waals surface area (Å²) in [5, 5.41) is 9.34. The molecule has 3 aromatic carbocycles. The van der Waals surface area contributed by atoms with E-state index in [-0.39, 0.29) is 22.0 Å². The van der Waals surface area contributed by atoms with Crippen molar-refractivity contribution in [3.05, 3.63) is 143 Å². The minimum absolute atomic E-state index is 0.00401. The molecule has 0 saturated heterocycles. The predicted octanol–water partition coefficient (Wildman–Crippen LogP) is 6.07. The number of allylic oxidation sites excluding steroid dienone is 1. The first kappa shape index (κ1) is 25.4. The van der Waals surface area contributed by atoms with Crippen molar-refractivity contribution in [3.8, 4) is 11.3 Å². The molecule has 1 aliphatic carbocycles. The van der Waals surface area contributed by atoms with E-state index < -0.39 is 12.0 Å². The lowest BCUT2D eigenvalue weighted by molar-refractivity contribution is 0.0697. The van der Waals surface area contributed by atoms with Crippen LogP contribution >= 0.6 is 22.9 Å². The number of hydrogen-bond acceptors (Lipinski definition) is 5. The zero-order chi connectivity index (χ0) is 28.2. The number of fused-ring (bicyclic) bond motifs is 3. The smallest absolute Gasteiger partial charge is 0.337 e. The second kappa shape index (κ2) is 9.83. The topological polar surface area (TPSA) is 84.8 Å². The number of aromatic carboxylic acids is 1. The fourth-order valence-corrected chi connectivity index (χ4v) is 6.77. The fraction of sp³-hybridized carbons (Fsp3) is 0.0938. The Morgan fingerprint density at radius 2 is 1.88 bits per heavy atom.